The standard InChI is InChI=1S/C8H12N2/c1-6(2)8-7(3)9-4-5-10-8/h4-6H,1-3H3. The molecule has 1 heterocycles. The van der Waals surface area contributed by atoms with Gasteiger partial charge in [-0.15, -0.1) is 0 Å². The van der Waals surface area contributed by atoms with Crippen LogP contribution in [0.25, 0.3) is 0 Å². The number of hydrogen-bond acceptors (Lipinski definition) is 2. The number of nitrogens with zero attached hydrogens (tertiary/aromatic N) is 2. The van der Waals surface area contributed by atoms with E-state index in [9.17, 15) is 0 Å². The molecule has 0 unspecified atom stereocenters. The van der Waals surface area contributed by atoms with Gasteiger partial charge in [0.15, 0.2) is 0 Å². The van der Waals surface area contributed by atoms with Crippen LogP contribution in [-0.4, -0.2) is 9.97 Å². The zero-order chi connectivity index (χ0) is 7.56. The molecule has 0 saturated heterocycles. The van der Waals surface area contributed by atoms with Crippen LogP contribution in [0, 0.1) is 6.92 Å². The SMILES string of the molecule is Cc1nccnc1C(C)C. The zero-order valence-electron chi connectivity index (χ0n) is 6.63. The third kappa shape index (κ3) is 1.32. The average Bonchev–Trinajstić information content (AvgIpc) is 1.88. The zero-order valence-corrected chi connectivity index (χ0v) is 6.63. The van der Waals surface area contributed by atoms with Crippen molar-refractivity contribution in [2.24, 2.45) is 0 Å². The molecular formula is C8H12N2. The average molecular weight is 136 g/mol. The number of aryl methyl sites for hydroxylation is 1. The molecule has 1 aromatic heterocycles. The van der Waals surface area contributed by atoms with Gasteiger partial charge in [0.25, 0.3) is 0 Å². The van der Waals surface area contributed by atoms with Gasteiger partial charge in [-0.1, -0.05) is 13.8 Å². The maximum atomic E-state index is 4.22. The van der Waals surface area contributed by atoms with Crippen LogP contribution in [0.3, 0.4) is 0 Å². The number of rotatable bonds is 1. The number of aromatic nitrogens is 2. The minimum absolute atomic E-state index is 0.480. The summed E-state index contributed by atoms with van der Waals surface area (Å²) in [5.41, 5.74) is 2.14. The summed E-state index contributed by atoms with van der Waals surface area (Å²) < 4.78 is 0. The first-order valence-corrected chi connectivity index (χ1v) is 3.49. The van der Waals surface area contributed by atoms with Crippen molar-refractivity contribution in [2.45, 2.75) is 26.7 Å². The fourth-order valence-corrected chi connectivity index (χ4v) is 0.985. The van der Waals surface area contributed by atoms with E-state index in [0.29, 0.717) is 5.92 Å². The van der Waals surface area contributed by atoms with E-state index < -0.39 is 0 Å². The molecule has 0 aliphatic rings. The van der Waals surface area contributed by atoms with Gasteiger partial charge in [-0.25, -0.2) is 0 Å². The molecule has 0 aliphatic heterocycles. The summed E-state index contributed by atoms with van der Waals surface area (Å²) >= 11 is 0. The van der Waals surface area contributed by atoms with Crippen molar-refractivity contribution in [2.75, 3.05) is 0 Å². The van der Waals surface area contributed by atoms with Gasteiger partial charge in [0, 0.05) is 12.4 Å². The Morgan fingerprint density at radius 3 is 2.20 bits per heavy atom. The first-order valence-electron chi connectivity index (χ1n) is 3.49. The van der Waals surface area contributed by atoms with E-state index in [1.165, 1.54) is 0 Å². The summed E-state index contributed by atoms with van der Waals surface area (Å²) in [4.78, 5) is 8.35. The summed E-state index contributed by atoms with van der Waals surface area (Å²) in [5, 5.41) is 0. The van der Waals surface area contributed by atoms with Crippen LogP contribution >= 0.6 is 0 Å². The Morgan fingerprint density at radius 1 is 1.20 bits per heavy atom. The van der Waals surface area contributed by atoms with Crippen LogP contribution in [0.15, 0.2) is 12.4 Å². The lowest BCUT2D eigenvalue weighted by atomic mass is 10.1. The van der Waals surface area contributed by atoms with Crippen molar-refractivity contribution in [1.82, 2.24) is 9.97 Å². The molecule has 0 atom stereocenters. The molecule has 0 N–H and O–H groups in total. The van der Waals surface area contributed by atoms with Crippen LogP contribution in [0.1, 0.15) is 31.2 Å². The maximum absolute atomic E-state index is 4.22. The topological polar surface area (TPSA) is 25.8 Å². The monoisotopic (exact) mass is 136 g/mol. The summed E-state index contributed by atoms with van der Waals surface area (Å²) in [7, 11) is 0. The Labute approximate surface area is 61.3 Å². The van der Waals surface area contributed by atoms with Crippen LogP contribution in [0.4, 0.5) is 0 Å². The van der Waals surface area contributed by atoms with Crippen LogP contribution < -0.4 is 0 Å². The highest BCUT2D eigenvalue weighted by atomic mass is 14.8. The van der Waals surface area contributed by atoms with Crippen molar-refractivity contribution >= 4 is 0 Å². The van der Waals surface area contributed by atoms with Gasteiger partial charge >= 0.3 is 0 Å². The molecule has 2 heteroatoms. The molecule has 1 aromatic rings. The Morgan fingerprint density at radius 2 is 1.80 bits per heavy atom. The van der Waals surface area contributed by atoms with Gasteiger partial charge in [-0.2, -0.15) is 0 Å². The van der Waals surface area contributed by atoms with E-state index in [0.717, 1.165) is 11.4 Å². The fourth-order valence-electron chi connectivity index (χ4n) is 0.985. The molecule has 2 nitrogen and oxygen atoms in total. The fraction of sp³-hybridized carbons (Fsp3) is 0.500. The number of hydrogen-bond donors (Lipinski definition) is 0. The largest absolute Gasteiger partial charge is 0.258 e. The highest BCUT2D eigenvalue weighted by Gasteiger charge is 2.02. The van der Waals surface area contributed by atoms with Crippen molar-refractivity contribution in [3.8, 4) is 0 Å². The Kier molecular flexibility index (Phi) is 2.00. The molecule has 0 saturated carbocycles. The third-order valence-electron chi connectivity index (χ3n) is 1.47. The normalized spacial score (nSPS) is 10.4. The molecule has 0 bridgehead atoms. The van der Waals surface area contributed by atoms with Crippen molar-refractivity contribution < 1.29 is 0 Å². The van der Waals surface area contributed by atoms with E-state index in [-0.39, 0.29) is 0 Å². The van der Waals surface area contributed by atoms with Crippen molar-refractivity contribution in [3.63, 3.8) is 0 Å². The van der Waals surface area contributed by atoms with Crippen molar-refractivity contribution in [3.05, 3.63) is 23.8 Å². The quantitative estimate of drug-likeness (QED) is 0.589. The van der Waals surface area contributed by atoms with Gasteiger partial charge in [-0.05, 0) is 12.8 Å². The predicted molar refractivity (Wildman–Crippen MR) is 40.9 cm³/mol. The Bertz CT molecular complexity index is 218. The maximum Gasteiger partial charge on any atom is 0.0641 e. The van der Waals surface area contributed by atoms with E-state index in [1.54, 1.807) is 12.4 Å². The summed E-state index contributed by atoms with van der Waals surface area (Å²) in [5.74, 6) is 0.480. The van der Waals surface area contributed by atoms with Gasteiger partial charge in [-0.3, -0.25) is 9.97 Å². The molecule has 54 valence electrons. The molecule has 0 aliphatic carbocycles. The highest BCUT2D eigenvalue weighted by Crippen LogP contribution is 2.12. The molecule has 1 rings (SSSR count). The first-order chi connectivity index (χ1) is 4.72. The Hall–Kier alpha value is -0.920. The van der Waals surface area contributed by atoms with Gasteiger partial charge in [0.1, 0.15) is 0 Å². The van der Waals surface area contributed by atoms with E-state index >= 15 is 0 Å². The lowest BCUT2D eigenvalue weighted by Gasteiger charge is -2.04. The lowest BCUT2D eigenvalue weighted by Crippen LogP contribution is -1.97. The Balaban J connectivity index is 3.03. The highest BCUT2D eigenvalue weighted by molar-refractivity contribution is 5.11. The molecule has 10 heavy (non-hydrogen) atoms. The second-order valence-corrected chi connectivity index (χ2v) is 2.68. The third-order valence-corrected chi connectivity index (χ3v) is 1.47. The molecular weight excluding hydrogens is 124 g/mol. The van der Waals surface area contributed by atoms with E-state index in [4.69, 9.17) is 0 Å². The van der Waals surface area contributed by atoms with Gasteiger partial charge in [0.05, 0.1) is 11.4 Å². The molecule has 0 aromatic carbocycles. The van der Waals surface area contributed by atoms with Gasteiger partial charge in [0.2, 0.25) is 0 Å². The second-order valence-electron chi connectivity index (χ2n) is 2.68. The van der Waals surface area contributed by atoms with Crippen LogP contribution in [-0.2, 0) is 0 Å². The predicted octanol–water partition coefficient (Wildman–Crippen LogP) is 1.91. The summed E-state index contributed by atoms with van der Waals surface area (Å²) in [6, 6.07) is 0. The van der Waals surface area contributed by atoms with Crippen molar-refractivity contribution in [1.29, 1.82) is 0 Å². The molecule has 0 radical (unpaired) electrons. The van der Waals surface area contributed by atoms with Gasteiger partial charge < -0.3 is 0 Å². The first kappa shape index (κ1) is 7.19. The summed E-state index contributed by atoms with van der Waals surface area (Å²) in [6.07, 6.45) is 3.46. The minimum atomic E-state index is 0.480. The van der Waals surface area contributed by atoms with E-state index in [2.05, 4.69) is 23.8 Å². The van der Waals surface area contributed by atoms with Crippen LogP contribution in [0.2, 0.25) is 0 Å². The summed E-state index contributed by atoms with van der Waals surface area (Å²) in [6.45, 7) is 6.23. The second kappa shape index (κ2) is 2.78. The van der Waals surface area contributed by atoms with Crippen LogP contribution in [0.5, 0.6) is 0 Å². The molecule has 0 fully saturated rings. The molecule has 0 spiro atoms. The minimum Gasteiger partial charge on any atom is -0.258 e. The molecule has 0 amide bonds. The smallest absolute Gasteiger partial charge is 0.0641 e. The lowest BCUT2D eigenvalue weighted by molar-refractivity contribution is 0.795. The van der Waals surface area contributed by atoms with E-state index in [1.807, 2.05) is 6.92 Å².